The van der Waals surface area contributed by atoms with E-state index in [1.807, 2.05) is 32.0 Å². The van der Waals surface area contributed by atoms with Gasteiger partial charge in [0.1, 0.15) is 0 Å². The van der Waals surface area contributed by atoms with Crippen LogP contribution in [0.5, 0.6) is 0 Å². The third-order valence-electron chi connectivity index (χ3n) is 4.49. The Kier molecular flexibility index (Phi) is 4.91. The molecule has 0 bridgehead atoms. The average molecular weight is 373 g/mol. The summed E-state index contributed by atoms with van der Waals surface area (Å²) in [5.74, 6) is -0.556. The van der Waals surface area contributed by atoms with Gasteiger partial charge in [-0.25, -0.2) is 4.79 Å². The van der Waals surface area contributed by atoms with Crippen molar-refractivity contribution in [1.29, 1.82) is 0 Å². The Bertz CT molecular complexity index is 1030. The van der Waals surface area contributed by atoms with Gasteiger partial charge in [-0.1, -0.05) is 24.3 Å². The van der Waals surface area contributed by atoms with Gasteiger partial charge in [0, 0.05) is 17.1 Å². The van der Waals surface area contributed by atoms with E-state index >= 15 is 0 Å². The van der Waals surface area contributed by atoms with E-state index in [9.17, 15) is 18.0 Å². The predicted molar refractivity (Wildman–Crippen MR) is 97.6 cm³/mol. The molecule has 1 heterocycles. The highest BCUT2D eigenvalue weighted by molar-refractivity contribution is 6.07. The van der Waals surface area contributed by atoms with Crippen LogP contribution in [0.4, 0.5) is 13.2 Å². The van der Waals surface area contributed by atoms with Crippen LogP contribution in [0.3, 0.4) is 0 Å². The lowest BCUT2D eigenvalue weighted by Gasteiger charge is -2.15. The number of ether oxygens (including phenoxy) is 1. The number of carbonyl (C=O) groups is 1. The summed E-state index contributed by atoms with van der Waals surface area (Å²) in [5, 5.41) is 0.469. The Morgan fingerprint density at radius 3 is 2.44 bits per heavy atom. The first kappa shape index (κ1) is 18.9. The number of benzene rings is 2. The topological polar surface area (TPSA) is 39.2 Å². The van der Waals surface area contributed by atoms with Gasteiger partial charge >= 0.3 is 12.1 Å². The van der Waals surface area contributed by atoms with Gasteiger partial charge in [0.2, 0.25) is 0 Å². The molecule has 0 radical (unpaired) electrons. The first-order chi connectivity index (χ1) is 12.7. The normalized spacial score (nSPS) is 11.6. The van der Waals surface area contributed by atoms with E-state index in [1.165, 1.54) is 12.3 Å². The molecular formula is C21H18F3NO2. The summed E-state index contributed by atoms with van der Waals surface area (Å²) < 4.78 is 44.2. The summed E-state index contributed by atoms with van der Waals surface area (Å²) >= 11 is 0. The number of esters is 1. The molecule has 3 aromatic rings. The van der Waals surface area contributed by atoms with Crippen molar-refractivity contribution in [2.24, 2.45) is 0 Å². The van der Waals surface area contributed by atoms with Crippen LogP contribution >= 0.6 is 0 Å². The molecule has 0 aliphatic carbocycles. The molecule has 2 aromatic carbocycles. The number of halogens is 3. The number of hydrogen-bond donors (Lipinski definition) is 0. The van der Waals surface area contributed by atoms with Gasteiger partial charge in [0.25, 0.3) is 0 Å². The molecule has 6 heteroatoms. The Morgan fingerprint density at radius 1 is 1.07 bits per heavy atom. The van der Waals surface area contributed by atoms with E-state index < -0.39 is 17.7 Å². The Balaban J connectivity index is 2.32. The molecule has 27 heavy (non-hydrogen) atoms. The number of fused-ring (bicyclic) bond motifs is 1. The molecule has 0 amide bonds. The second-order valence-corrected chi connectivity index (χ2v) is 6.30. The first-order valence-electron chi connectivity index (χ1n) is 8.47. The van der Waals surface area contributed by atoms with Crippen LogP contribution in [-0.4, -0.2) is 17.6 Å². The van der Waals surface area contributed by atoms with E-state index in [-0.39, 0.29) is 17.7 Å². The Morgan fingerprint density at radius 2 is 1.81 bits per heavy atom. The number of carbonyl (C=O) groups excluding carboxylic acids is 1. The quantitative estimate of drug-likeness (QED) is 0.552. The fourth-order valence-corrected chi connectivity index (χ4v) is 2.94. The monoisotopic (exact) mass is 373 g/mol. The van der Waals surface area contributed by atoms with Crippen molar-refractivity contribution in [3.05, 3.63) is 64.8 Å². The minimum atomic E-state index is -4.46. The van der Waals surface area contributed by atoms with E-state index in [1.54, 1.807) is 6.92 Å². The van der Waals surface area contributed by atoms with Crippen LogP contribution in [0.15, 0.2) is 42.6 Å². The van der Waals surface area contributed by atoms with Crippen molar-refractivity contribution in [3.8, 4) is 11.1 Å². The lowest BCUT2D eigenvalue weighted by atomic mass is 9.93. The summed E-state index contributed by atoms with van der Waals surface area (Å²) in [6, 6.07) is 9.02. The maximum Gasteiger partial charge on any atom is 0.416 e. The van der Waals surface area contributed by atoms with Crippen molar-refractivity contribution in [1.82, 2.24) is 4.98 Å². The molecule has 0 aliphatic heterocycles. The molecule has 3 nitrogen and oxygen atoms in total. The number of aryl methyl sites for hydroxylation is 2. The molecular weight excluding hydrogens is 355 g/mol. The molecule has 0 atom stereocenters. The number of hydrogen-bond acceptors (Lipinski definition) is 3. The second-order valence-electron chi connectivity index (χ2n) is 6.30. The van der Waals surface area contributed by atoms with E-state index in [0.29, 0.717) is 10.9 Å². The maximum atomic E-state index is 13.0. The standard InChI is InChI=1S/C21H18F3NO2/c1-4-27-20(26)17-11-25-18-10-15(21(22,23)24)7-8-16(18)19(17)14-6-5-12(2)13(3)9-14/h5-11H,4H2,1-3H3. The predicted octanol–water partition coefficient (Wildman–Crippen LogP) is 5.71. The summed E-state index contributed by atoms with van der Waals surface area (Å²) in [6.07, 6.45) is -3.18. The molecule has 0 aliphatic rings. The Labute approximate surface area is 154 Å². The zero-order chi connectivity index (χ0) is 19.8. The largest absolute Gasteiger partial charge is 0.462 e. The molecule has 0 spiro atoms. The SMILES string of the molecule is CCOC(=O)c1cnc2cc(C(F)(F)F)ccc2c1-c1ccc(C)c(C)c1. The lowest BCUT2D eigenvalue weighted by molar-refractivity contribution is -0.137. The maximum absolute atomic E-state index is 13.0. The van der Waals surface area contributed by atoms with Gasteiger partial charge in [-0.3, -0.25) is 4.98 Å². The number of nitrogens with zero attached hydrogens (tertiary/aromatic N) is 1. The molecule has 0 N–H and O–H groups in total. The zero-order valence-electron chi connectivity index (χ0n) is 15.1. The third kappa shape index (κ3) is 3.65. The van der Waals surface area contributed by atoms with Crippen LogP contribution in [0.25, 0.3) is 22.0 Å². The summed E-state index contributed by atoms with van der Waals surface area (Å²) in [7, 11) is 0. The summed E-state index contributed by atoms with van der Waals surface area (Å²) in [6.45, 7) is 5.79. The van der Waals surface area contributed by atoms with Crippen molar-refractivity contribution in [3.63, 3.8) is 0 Å². The molecule has 0 saturated carbocycles. The third-order valence-corrected chi connectivity index (χ3v) is 4.49. The van der Waals surface area contributed by atoms with E-state index in [2.05, 4.69) is 4.98 Å². The van der Waals surface area contributed by atoms with Gasteiger partial charge in [-0.15, -0.1) is 0 Å². The first-order valence-corrected chi connectivity index (χ1v) is 8.47. The van der Waals surface area contributed by atoms with Gasteiger partial charge in [-0.2, -0.15) is 13.2 Å². The molecule has 0 unspecified atom stereocenters. The number of rotatable bonds is 3. The fraction of sp³-hybridized carbons (Fsp3) is 0.238. The van der Waals surface area contributed by atoms with Crippen LogP contribution in [0.2, 0.25) is 0 Å². The van der Waals surface area contributed by atoms with Gasteiger partial charge in [-0.05, 0) is 49.6 Å². The minimum absolute atomic E-state index is 0.172. The van der Waals surface area contributed by atoms with E-state index in [0.717, 1.165) is 28.8 Å². The van der Waals surface area contributed by atoms with Crippen molar-refractivity contribution >= 4 is 16.9 Å². The number of aromatic nitrogens is 1. The van der Waals surface area contributed by atoms with Gasteiger partial charge < -0.3 is 4.74 Å². The van der Waals surface area contributed by atoms with Gasteiger partial charge in [0.15, 0.2) is 0 Å². The smallest absolute Gasteiger partial charge is 0.416 e. The summed E-state index contributed by atoms with van der Waals surface area (Å²) in [5.41, 5.74) is 2.97. The highest BCUT2D eigenvalue weighted by Crippen LogP contribution is 2.36. The number of alkyl halides is 3. The molecule has 1 aromatic heterocycles. The van der Waals surface area contributed by atoms with Gasteiger partial charge in [0.05, 0.1) is 23.3 Å². The van der Waals surface area contributed by atoms with Crippen molar-refractivity contribution in [2.75, 3.05) is 6.61 Å². The molecule has 3 rings (SSSR count). The van der Waals surface area contributed by atoms with Crippen LogP contribution < -0.4 is 0 Å². The highest BCUT2D eigenvalue weighted by atomic mass is 19.4. The molecule has 0 saturated heterocycles. The summed E-state index contributed by atoms with van der Waals surface area (Å²) in [4.78, 5) is 16.5. The average Bonchev–Trinajstić information content (AvgIpc) is 2.62. The molecule has 0 fully saturated rings. The van der Waals surface area contributed by atoms with Crippen molar-refractivity contribution < 1.29 is 22.7 Å². The van der Waals surface area contributed by atoms with Crippen molar-refractivity contribution in [2.45, 2.75) is 26.9 Å². The highest BCUT2D eigenvalue weighted by Gasteiger charge is 2.31. The Hall–Kier alpha value is -2.89. The molecule has 140 valence electrons. The van der Waals surface area contributed by atoms with Crippen LogP contribution in [0, 0.1) is 13.8 Å². The minimum Gasteiger partial charge on any atom is -0.462 e. The van der Waals surface area contributed by atoms with Crippen LogP contribution in [-0.2, 0) is 10.9 Å². The second kappa shape index (κ2) is 7.02. The number of pyridine rings is 1. The fourth-order valence-electron chi connectivity index (χ4n) is 2.94. The lowest BCUT2D eigenvalue weighted by Crippen LogP contribution is -2.09. The van der Waals surface area contributed by atoms with Crippen LogP contribution in [0.1, 0.15) is 34.0 Å². The zero-order valence-corrected chi connectivity index (χ0v) is 15.1. The van der Waals surface area contributed by atoms with E-state index in [4.69, 9.17) is 4.74 Å².